The van der Waals surface area contributed by atoms with Gasteiger partial charge in [-0.15, -0.1) is 11.8 Å². The van der Waals surface area contributed by atoms with Crippen molar-refractivity contribution in [2.75, 3.05) is 18.2 Å². The molecule has 2 aromatic rings. The molecule has 1 aromatic heterocycles. The van der Waals surface area contributed by atoms with Crippen molar-refractivity contribution in [2.45, 2.75) is 12.8 Å². The number of unbranched alkanes of at least 4 members (excludes halogenated alkanes) is 1. The van der Waals surface area contributed by atoms with Gasteiger partial charge < -0.3 is 4.74 Å². The minimum Gasteiger partial charge on any atom is -0.482 e. The second-order valence-electron chi connectivity index (χ2n) is 3.94. The third-order valence-corrected chi connectivity index (χ3v) is 3.61. The highest BCUT2D eigenvalue weighted by molar-refractivity contribution is 7.99. The zero-order valence-corrected chi connectivity index (χ0v) is 12.1. The molecule has 0 unspecified atom stereocenters. The lowest BCUT2D eigenvalue weighted by Crippen LogP contribution is -1.95. The highest BCUT2D eigenvalue weighted by Gasteiger charge is 2.02. The zero-order valence-electron chi connectivity index (χ0n) is 10.5. The smallest absolute Gasteiger partial charge is 0.134 e. The Kier molecular flexibility index (Phi) is 5.88. The first-order valence-electron chi connectivity index (χ1n) is 6.08. The average molecular weight is 293 g/mol. The number of isothiocyanates is 1. The van der Waals surface area contributed by atoms with E-state index in [4.69, 9.17) is 4.74 Å². The number of thiocarbonyl (C=S) groups is 1. The molecule has 1 heterocycles. The SMILES string of the molecule is S=C=NCCCCSCOc1cccc2[nH]ncc12. The molecule has 0 radical (unpaired) electrons. The van der Waals surface area contributed by atoms with Crippen LogP contribution >= 0.6 is 24.0 Å². The molecule has 19 heavy (non-hydrogen) atoms. The van der Waals surface area contributed by atoms with Crippen LogP contribution in [0.1, 0.15) is 12.8 Å². The molecule has 0 atom stereocenters. The van der Waals surface area contributed by atoms with E-state index in [-0.39, 0.29) is 0 Å². The molecular weight excluding hydrogens is 278 g/mol. The number of aromatic nitrogens is 2. The van der Waals surface area contributed by atoms with Crippen molar-refractivity contribution >= 4 is 40.0 Å². The molecule has 0 saturated heterocycles. The maximum atomic E-state index is 5.76. The fraction of sp³-hybridized carbons (Fsp3) is 0.385. The summed E-state index contributed by atoms with van der Waals surface area (Å²) in [6, 6.07) is 5.91. The van der Waals surface area contributed by atoms with Gasteiger partial charge in [0.05, 0.1) is 22.3 Å². The van der Waals surface area contributed by atoms with Gasteiger partial charge in [0, 0.05) is 6.54 Å². The summed E-state index contributed by atoms with van der Waals surface area (Å²) in [6.45, 7) is 0.777. The van der Waals surface area contributed by atoms with Crippen LogP contribution in [0.3, 0.4) is 0 Å². The van der Waals surface area contributed by atoms with Gasteiger partial charge in [-0.3, -0.25) is 5.10 Å². The largest absolute Gasteiger partial charge is 0.482 e. The van der Waals surface area contributed by atoms with E-state index in [1.807, 2.05) is 18.2 Å². The summed E-state index contributed by atoms with van der Waals surface area (Å²) in [6.07, 6.45) is 3.96. The van der Waals surface area contributed by atoms with E-state index in [0.717, 1.165) is 41.8 Å². The van der Waals surface area contributed by atoms with Crippen molar-refractivity contribution in [1.29, 1.82) is 0 Å². The number of hydrogen-bond acceptors (Lipinski definition) is 5. The van der Waals surface area contributed by atoms with Crippen LogP contribution in [0.25, 0.3) is 10.9 Å². The van der Waals surface area contributed by atoms with Crippen molar-refractivity contribution in [3.63, 3.8) is 0 Å². The van der Waals surface area contributed by atoms with E-state index < -0.39 is 0 Å². The lowest BCUT2D eigenvalue weighted by atomic mass is 10.2. The first-order valence-corrected chi connectivity index (χ1v) is 7.64. The second kappa shape index (κ2) is 7.94. The topological polar surface area (TPSA) is 50.3 Å². The monoisotopic (exact) mass is 293 g/mol. The molecule has 1 aromatic carbocycles. The molecule has 6 heteroatoms. The van der Waals surface area contributed by atoms with E-state index in [9.17, 15) is 0 Å². The lowest BCUT2D eigenvalue weighted by Gasteiger charge is -2.06. The minimum absolute atomic E-state index is 0.653. The summed E-state index contributed by atoms with van der Waals surface area (Å²) in [4.78, 5) is 3.88. The molecule has 100 valence electrons. The average Bonchev–Trinajstić information content (AvgIpc) is 2.91. The number of nitrogens with one attached hydrogen (secondary N) is 1. The van der Waals surface area contributed by atoms with Gasteiger partial charge in [0.1, 0.15) is 11.7 Å². The molecule has 0 saturated carbocycles. The summed E-state index contributed by atoms with van der Waals surface area (Å²) in [5, 5.41) is 10.3. The van der Waals surface area contributed by atoms with Crippen LogP contribution in [0, 0.1) is 0 Å². The number of aromatic amines is 1. The number of thioether (sulfide) groups is 1. The predicted octanol–water partition coefficient (Wildman–Crippen LogP) is 3.52. The molecule has 0 spiro atoms. The molecule has 0 fully saturated rings. The number of ether oxygens (including phenoxy) is 1. The van der Waals surface area contributed by atoms with Crippen LogP contribution in [-0.4, -0.2) is 33.6 Å². The van der Waals surface area contributed by atoms with Crippen molar-refractivity contribution in [3.05, 3.63) is 24.4 Å². The molecule has 2 rings (SSSR count). The van der Waals surface area contributed by atoms with Crippen LogP contribution in [0.2, 0.25) is 0 Å². The molecule has 0 bridgehead atoms. The Morgan fingerprint density at radius 1 is 1.42 bits per heavy atom. The summed E-state index contributed by atoms with van der Waals surface area (Å²) >= 11 is 6.28. The second-order valence-corrected chi connectivity index (χ2v) is 5.17. The molecular formula is C13H15N3OS2. The number of aliphatic imine (C=N–C) groups is 1. The first kappa shape index (κ1) is 14.1. The molecule has 0 amide bonds. The van der Waals surface area contributed by atoms with E-state index in [2.05, 4.69) is 32.6 Å². The van der Waals surface area contributed by atoms with Crippen LogP contribution in [0.15, 0.2) is 29.4 Å². The van der Waals surface area contributed by atoms with Crippen LogP contribution in [0.5, 0.6) is 5.75 Å². The fourth-order valence-electron chi connectivity index (χ4n) is 1.67. The van der Waals surface area contributed by atoms with E-state index in [1.165, 1.54) is 0 Å². The molecule has 0 aliphatic rings. The summed E-state index contributed by atoms with van der Waals surface area (Å²) in [7, 11) is 0. The first-order chi connectivity index (χ1) is 9.42. The number of benzene rings is 1. The Morgan fingerprint density at radius 3 is 3.26 bits per heavy atom. The lowest BCUT2D eigenvalue weighted by molar-refractivity contribution is 0.397. The van der Waals surface area contributed by atoms with Crippen LogP contribution in [0.4, 0.5) is 0 Å². The van der Waals surface area contributed by atoms with Crippen molar-refractivity contribution in [2.24, 2.45) is 4.99 Å². The van der Waals surface area contributed by atoms with Crippen molar-refractivity contribution in [3.8, 4) is 5.75 Å². The van der Waals surface area contributed by atoms with Crippen LogP contribution < -0.4 is 4.74 Å². The van der Waals surface area contributed by atoms with Gasteiger partial charge in [0.2, 0.25) is 0 Å². The highest BCUT2D eigenvalue weighted by atomic mass is 32.2. The van der Waals surface area contributed by atoms with E-state index >= 15 is 0 Å². The third-order valence-electron chi connectivity index (χ3n) is 2.62. The molecule has 1 N–H and O–H groups in total. The number of H-pyrrole nitrogens is 1. The Bertz CT molecular complexity index is 564. The molecule has 0 aliphatic carbocycles. The van der Waals surface area contributed by atoms with Gasteiger partial charge in [-0.05, 0) is 42.9 Å². The van der Waals surface area contributed by atoms with Gasteiger partial charge in [-0.1, -0.05) is 6.07 Å². The van der Waals surface area contributed by atoms with Gasteiger partial charge >= 0.3 is 0 Å². The third kappa shape index (κ3) is 4.35. The summed E-state index contributed by atoms with van der Waals surface area (Å²) in [5.74, 6) is 2.60. The number of hydrogen-bond donors (Lipinski definition) is 1. The Hall–Kier alpha value is -1.36. The van der Waals surface area contributed by atoms with Gasteiger partial charge in [0.15, 0.2) is 0 Å². The van der Waals surface area contributed by atoms with Crippen LogP contribution in [-0.2, 0) is 0 Å². The minimum atomic E-state index is 0.653. The predicted molar refractivity (Wildman–Crippen MR) is 83.2 cm³/mol. The summed E-state index contributed by atoms with van der Waals surface area (Å²) in [5.41, 5.74) is 1.00. The van der Waals surface area contributed by atoms with Gasteiger partial charge in [0.25, 0.3) is 0 Å². The fourth-order valence-corrected chi connectivity index (χ4v) is 2.50. The Labute approximate surface area is 121 Å². The quantitative estimate of drug-likeness (QED) is 0.350. The number of rotatable bonds is 8. The zero-order chi connectivity index (χ0) is 13.3. The summed E-state index contributed by atoms with van der Waals surface area (Å²) < 4.78 is 5.76. The van der Waals surface area contributed by atoms with Crippen molar-refractivity contribution in [1.82, 2.24) is 10.2 Å². The highest BCUT2D eigenvalue weighted by Crippen LogP contribution is 2.24. The van der Waals surface area contributed by atoms with Crippen molar-refractivity contribution < 1.29 is 4.74 Å². The Morgan fingerprint density at radius 2 is 2.37 bits per heavy atom. The maximum Gasteiger partial charge on any atom is 0.134 e. The Balaban J connectivity index is 1.68. The normalized spacial score (nSPS) is 10.3. The molecule has 0 aliphatic heterocycles. The van der Waals surface area contributed by atoms with E-state index in [0.29, 0.717) is 5.94 Å². The van der Waals surface area contributed by atoms with Gasteiger partial charge in [-0.2, -0.15) is 5.10 Å². The van der Waals surface area contributed by atoms with E-state index in [1.54, 1.807) is 18.0 Å². The number of fused-ring (bicyclic) bond motifs is 1. The molecule has 4 nitrogen and oxygen atoms in total. The van der Waals surface area contributed by atoms with Gasteiger partial charge in [-0.25, -0.2) is 4.99 Å². The maximum absolute atomic E-state index is 5.76. The number of nitrogens with zero attached hydrogens (tertiary/aromatic N) is 2. The standard InChI is InChI=1S/C13H15N3OS2/c18-9-14-6-1-2-7-19-10-17-13-5-3-4-12-11(13)8-15-16-12/h3-5,8H,1-2,6-7,10H2,(H,15,16).